The van der Waals surface area contributed by atoms with Gasteiger partial charge < -0.3 is 5.32 Å². The molecule has 1 aliphatic rings. The molecule has 0 unspecified atom stereocenters. The van der Waals surface area contributed by atoms with E-state index in [0.717, 1.165) is 21.5 Å². The molecule has 0 atom stereocenters. The van der Waals surface area contributed by atoms with E-state index in [4.69, 9.17) is 11.6 Å². The van der Waals surface area contributed by atoms with Gasteiger partial charge in [0, 0.05) is 35.3 Å². The highest BCUT2D eigenvalue weighted by Crippen LogP contribution is 2.32. The maximum atomic E-state index is 13.7. The largest absolute Gasteiger partial charge is 0.354 e. The van der Waals surface area contributed by atoms with Gasteiger partial charge in [-0.15, -0.1) is 11.3 Å². The molecule has 9 heteroatoms. The first-order valence-electron chi connectivity index (χ1n) is 8.43. The number of rotatable bonds is 7. The number of carbonyl (C=O) groups excluding carboxylic acids is 3. The van der Waals surface area contributed by atoms with Crippen LogP contribution in [0, 0.1) is 5.82 Å². The van der Waals surface area contributed by atoms with Crippen LogP contribution < -0.4 is 5.32 Å². The number of hydrogen-bond donors (Lipinski definition) is 1. The predicted molar refractivity (Wildman–Crippen MR) is 110 cm³/mol. The van der Waals surface area contributed by atoms with Gasteiger partial charge in [-0.1, -0.05) is 29.8 Å². The Morgan fingerprint density at radius 1 is 1.29 bits per heavy atom. The highest BCUT2D eigenvalue weighted by molar-refractivity contribution is 8.18. The van der Waals surface area contributed by atoms with Crippen molar-refractivity contribution in [1.82, 2.24) is 10.2 Å². The molecule has 3 amide bonds. The van der Waals surface area contributed by atoms with Crippen molar-refractivity contribution >= 4 is 57.8 Å². The Balaban J connectivity index is 1.49. The zero-order valence-corrected chi connectivity index (χ0v) is 17.0. The maximum absolute atomic E-state index is 13.7. The first kappa shape index (κ1) is 20.6. The van der Waals surface area contributed by atoms with Crippen LogP contribution in [0.25, 0.3) is 6.08 Å². The fourth-order valence-electron chi connectivity index (χ4n) is 2.54. The third kappa shape index (κ3) is 5.21. The molecule has 1 aliphatic heterocycles. The molecule has 1 aromatic heterocycles. The van der Waals surface area contributed by atoms with E-state index < -0.39 is 17.0 Å². The Morgan fingerprint density at radius 3 is 2.79 bits per heavy atom. The van der Waals surface area contributed by atoms with Crippen molar-refractivity contribution < 1.29 is 18.8 Å². The van der Waals surface area contributed by atoms with Crippen LogP contribution in [0.5, 0.6) is 0 Å². The van der Waals surface area contributed by atoms with Crippen LogP contribution in [-0.4, -0.2) is 35.0 Å². The normalized spacial score (nSPS) is 15.5. The van der Waals surface area contributed by atoms with Gasteiger partial charge in [0.25, 0.3) is 11.1 Å². The molecule has 2 heterocycles. The van der Waals surface area contributed by atoms with Crippen molar-refractivity contribution in [2.24, 2.45) is 0 Å². The van der Waals surface area contributed by atoms with E-state index in [-0.39, 0.29) is 29.5 Å². The minimum Gasteiger partial charge on any atom is -0.354 e. The summed E-state index contributed by atoms with van der Waals surface area (Å²) in [7, 11) is 0. The Bertz CT molecular complexity index is 945. The van der Waals surface area contributed by atoms with E-state index in [9.17, 15) is 18.8 Å². The van der Waals surface area contributed by atoms with E-state index >= 15 is 0 Å². The Hall–Kier alpha value is -2.16. The highest BCUT2D eigenvalue weighted by atomic mass is 35.5. The molecule has 1 saturated heterocycles. The molecule has 28 heavy (non-hydrogen) atoms. The molecule has 0 aliphatic carbocycles. The zero-order chi connectivity index (χ0) is 20.1. The summed E-state index contributed by atoms with van der Waals surface area (Å²) in [5, 5.41) is 4.73. The second-order valence-electron chi connectivity index (χ2n) is 5.94. The van der Waals surface area contributed by atoms with E-state index in [1.165, 1.54) is 29.5 Å². The molecule has 146 valence electrons. The summed E-state index contributed by atoms with van der Waals surface area (Å²) in [4.78, 5) is 38.6. The maximum Gasteiger partial charge on any atom is 0.293 e. The number of nitrogens with zero attached hydrogens (tertiary/aromatic N) is 1. The molecule has 3 rings (SSSR count). The number of carbonyl (C=O) groups is 3. The van der Waals surface area contributed by atoms with Crippen LogP contribution in [-0.2, 0) is 16.0 Å². The number of halogens is 2. The van der Waals surface area contributed by atoms with Crippen LogP contribution >= 0.6 is 34.7 Å². The molecule has 2 aromatic rings. The monoisotopic (exact) mass is 438 g/mol. The van der Waals surface area contributed by atoms with Crippen LogP contribution in [0.1, 0.15) is 16.9 Å². The Morgan fingerprint density at radius 2 is 2.07 bits per heavy atom. The molecule has 1 aromatic carbocycles. The number of thiophene rings is 1. The van der Waals surface area contributed by atoms with E-state index in [1.54, 1.807) is 12.1 Å². The van der Waals surface area contributed by atoms with Gasteiger partial charge in [0.05, 0.1) is 9.93 Å². The first-order chi connectivity index (χ1) is 13.4. The summed E-state index contributed by atoms with van der Waals surface area (Å²) in [6.45, 7) is 0.227. The second-order valence-corrected chi connectivity index (χ2v) is 8.36. The standard InChI is InChI=1S/C19H16ClFN2O3S2/c20-13-10-14(27-11-13)5-6-17(24)22-7-8-23-18(25)16(28-19(23)26)9-12-3-1-2-4-15(12)21/h1-4,9-11H,5-8H2,(H,22,24)/b16-9-. The topological polar surface area (TPSA) is 66.5 Å². The number of nitrogens with one attached hydrogen (secondary N) is 1. The zero-order valence-electron chi connectivity index (χ0n) is 14.6. The lowest BCUT2D eigenvalue weighted by Gasteiger charge is -2.12. The molecule has 0 radical (unpaired) electrons. The summed E-state index contributed by atoms with van der Waals surface area (Å²) in [6, 6.07) is 7.84. The molecule has 0 saturated carbocycles. The molecular formula is C19H16ClFN2O3S2. The lowest BCUT2D eigenvalue weighted by atomic mass is 10.2. The van der Waals surface area contributed by atoms with Gasteiger partial charge in [0.1, 0.15) is 5.82 Å². The van der Waals surface area contributed by atoms with Crippen LogP contribution in [0.4, 0.5) is 9.18 Å². The minimum absolute atomic E-state index is 0.0653. The van der Waals surface area contributed by atoms with Gasteiger partial charge in [-0.2, -0.15) is 0 Å². The molecule has 0 spiro atoms. The van der Waals surface area contributed by atoms with E-state index in [1.807, 2.05) is 11.4 Å². The molecule has 1 N–H and O–H groups in total. The van der Waals surface area contributed by atoms with Crippen molar-refractivity contribution in [2.75, 3.05) is 13.1 Å². The molecular weight excluding hydrogens is 423 g/mol. The van der Waals surface area contributed by atoms with Crippen molar-refractivity contribution in [1.29, 1.82) is 0 Å². The first-order valence-corrected chi connectivity index (χ1v) is 10.5. The fraction of sp³-hybridized carbons (Fsp3) is 0.211. The third-order valence-corrected chi connectivity index (χ3v) is 6.19. The van der Waals surface area contributed by atoms with Gasteiger partial charge in [0.2, 0.25) is 5.91 Å². The average molecular weight is 439 g/mol. The molecule has 5 nitrogen and oxygen atoms in total. The van der Waals surface area contributed by atoms with Crippen LogP contribution in [0.15, 0.2) is 40.6 Å². The second kappa shape index (κ2) is 9.36. The van der Waals surface area contributed by atoms with E-state index in [0.29, 0.717) is 17.9 Å². The summed E-state index contributed by atoms with van der Waals surface area (Å²) in [5.74, 6) is -1.12. The summed E-state index contributed by atoms with van der Waals surface area (Å²) < 4.78 is 13.7. The number of aryl methyl sites for hydroxylation is 1. The van der Waals surface area contributed by atoms with Crippen LogP contribution in [0.2, 0.25) is 5.02 Å². The van der Waals surface area contributed by atoms with Gasteiger partial charge in [-0.25, -0.2) is 4.39 Å². The van der Waals surface area contributed by atoms with Crippen molar-refractivity contribution in [2.45, 2.75) is 12.8 Å². The van der Waals surface area contributed by atoms with Gasteiger partial charge >= 0.3 is 0 Å². The Kier molecular flexibility index (Phi) is 6.88. The average Bonchev–Trinajstić information content (AvgIpc) is 3.19. The predicted octanol–water partition coefficient (Wildman–Crippen LogP) is 4.33. The number of imide groups is 1. The quantitative estimate of drug-likeness (QED) is 0.653. The fourth-order valence-corrected chi connectivity index (χ4v) is 4.48. The third-order valence-electron chi connectivity index (χ3n) is 3.94. The van der Waals surface area contributed by atoms with Gasteiger partial charge in [-0.05, 0) is 36.4 Å². The number of thioether (sulfide) groups is 1. The summed E-state index contributed by atoms with van der Waals surface area (Å²) in [5.41, 5.74) is 0.245. The number of hydrogen-bond acceptors (Lipinski definition) is 5. The van der Waals surface area contributed by atoms with Crippen LogP contribution in [0.3, 0.4) is 0 Å². The van der Waals surface area contributed by atoms with Gasteiger partial charge in [0.15, 0.2) is 0 Å². The van der Waals surface area contributed by atoms with Crippen molar-refractivity contribution in [3.63, 3.8) is 0 Å². The highest BCUT2D eigenvalue weighted by Gasteiger charge is 2.34. The number of amides is 3. The van der Waals surface area contributed by atoms with Crippen molar-refractivity contribution in [3.05, 3.63) is 61.9 Å². The Labute approximate surface area is 174 Å². The number of benzene rings is 1. The van der Waals surface area contributed by atoms with Gasteiger partial charge in [-0.3, -0.25) is 19.3 Å². The SMILES string of the molecule is O=C(CCc1cc(Cl)cs1)NCCN1C(=O)S/C(=C\c2ccccc2F)C1=O. The molecule has 1 fully saturated rings. The smallest absolute Gasteiger partial charge is 0.293 e. The van der Waals surface area contributed by atoms with E-state index in [2.05, 4.69) is 5.32 Å². The summed E-state index contributed by atoms with van der Waals surface area (Å²) in [6.07, 6.45) is 2.24. The van der Waals surface area contributed by atoms with Crippen molar-refractivity contribution in [3.8, 4) is 0 Å². The minimum atomic E-state index is -0.485. The summed E-state index contributed by atoms with van der Waals surface area (Å²) >= 11 is 8.10. The lowest BCUT2D eigenvalue weighted by molar-refractivity contribution is -0.124. The molecule has 0 bridgehead atoms. The lowest BCUT2D eigenvalue weighted by Crippen LogP contribution is -2.37.